The van der Waals surface area contributed by atoms with Crippen molar-refractivity contribution in [2.24, 2.45) is 0 Å². The van der Waals surface area contributed by atoms with Crippen LogP contribution in [-0.4, -0.2) is 10.9 Å². The number of nitrogens with one attached hydrogen (secondary N) is 1. The zero-order valence-electron chi connectivity index (χ0n) is 8.40. The number of hydrogen-bond donors (Lipinski definition) is 1. The molecule has 3 heteroatoms. The lowest BCUT2D eigenvalue weighted by Crippen LogP contribution is -2.07. The Labute approximate surface area is 89.9 Å². The fourth-order valence-electron chi connectivity index (χ4n) is 1.39. The maximum atomic E-state index is 10.8. The first-order chi connectivity index (χ1) is 7.25. The van der Waals surface area contributed by atoms with Gasteiger partial charge in [-0.3, -0.25) is 4.79 Å². The summed E-state index contributed by atoms with van der Waals surface area (Å²) in [5.41, 5.74) is 1.05. The zero-order valence-corrected chi connectivity index (χ0v) is 8.40. The minimum Gasteiger partial charge on any atom is -0.311 e. The van der Waals surface area contributed by atoms with E-state index in [1.807, 2.05) is 31.7 Å². The molecular weight excluding hydrogens is 188 g/mol. The summed E-state index contributed by atoms with van der Waals surface area (Å²) in [6.45, 7) is 1.47. The third kappa shape index (κ3) is 2.55. The van der Waals surface area contributed by atoms with Crippen LogP contribution in [0.1, 0.15) is 12.5 Å². The van der Waals surface area contributed by atoms with Crippen LogP contribution in [0.3, 0.4) is 0 Å². The largest absolute Gasteiger partial charge is 0.311 e. The van der Waals surface area contributed by atoms with Gasteiger partial charge in [0.2, 0.25) is 5.91 Å². The highest BCUT2D eigenvalue weighted by Crippen LogP contribution is 2.29. The highest BCUT2D eigenvalue weighted by Gasteiger charge is 2.18. The van der Waals surface area contributed by atoms with E-state index in [0.717, 1.165) is 11.5 Å². The van der Waals surface area contributed by atoms with Crippen LogP contribution in [0, 0.1) is 31.6 Å². The SMILES string of the molecule is CC(=O)Nc1ccc([C]2[CH][CH][CH][CH]2)cn1. The molecule has 1 fully saturated rings. The average Bonchev–Trinajstić information content (AvgIpc) is 2.71. The second-order valence-corrected chi connectivity index (χ2v) is 3.29. The van der Waals surface area contributed by atoms with Crippen molar-refractivity contribution >= 4 is 11.7 Å². The third-order valence-corrected chi connectivity index (χ3v) is 2.06. The number of pyridine rings is 1. The molecule has 0 aliphatic heterocycles. The summed E-state index contributed by atoms with van der Waals surface area (Å²) in [6, 6.07) is 3.73. The molecule has 1 N–H and O–H groups in total. The van der Waals surface area contributed by atoms with Gasteiger partial charge in [0, 0.05) is 19.0 Å². The number of rotatable bonds is 2. The monoisotopic (exact) mass is 199 g/mol. The number of aromatic nitrogens is 1. The Kier molecular flexibility index (Phi) is 2.99. The highest BCUT2D eigenvalue weighted by molar-refractivity contribution is 5.87. The van der Waals surface area contributed by atoms with E-state index in [0.29, 0.717) is 5.82 Å². The molecule has 1 aliphatic carbocycles. The van der Waals surface area contributed by atoms with Gasteiger partial charge in [-0.15, -0.1) is 0 Å². The topological polar surface area (TPSA) is 42.0 Å². The van der Waals surface area contributed by atoms with Gasteiger partial charge in [0.15, 0.2) is 0 Å². The van der Waals surface area contributed by atoms with E-state index >= 15 is 0 Å². The van der Waals surface area contributed by atoms with Crippen molar-refractivity contribution in [1.29, 1.82) is 0 Å². The molecule has 2 rings (SSSR count). The van der Waals surface area contributed by atoms with Gasteiger partial charge >= 0.3 is 0 Å². The molecule has 5 radical (unpaired) electrons. The molecule has 15 heavy (non-hydrogen) atoms. The van der Waals surface area contributed by atoms with Crippen LogP contribution < -0.4 is 5.32 Å². The number of carbonyl (C=O) groups excluding carboxylic acids is 1. The van der Waals surface area contributed by atoms with Gasteiger partial charge in [0.05, 0.1) is 0 Å². The molecule has 75 valence electrons. The zero-order chi connectivity index (χ0) is 10.7. The third-order valence-electron chi connectivity index (χ3n) is 2.06. The van der Waals surface area contributed by atoms with Crippen LogP contribution in [0.15, 0.2) is 18.3 Å². The molecule has 0 unspecified atom stereocenters. The normalized spacial score (nSPS) is 16.6. The van der Waals surface area contributed by atoms with Crippen LogP contribution in [-0.2, 0) is 4.79 Å². The summed E-state index contributed by atoms with van der Waals surface area (Å²) in [7, 11) is 0. The molecular formula is C12H11N2O. The number of hydrogen-bond acceptors (Lipinski definition) is 2. The van der Waals surface area contributed by atoms with E-state index in [1.54, 1.807) is 12.3 Å². The Morgan fingerprint density at radius 1 is 1.27 bits per heavy atom. The summed E-state index contributed by atoms with van der Waals surface area (Å²) in [4.78, 5) is 14.9. The van der Waals surface area contributed by atoms with Crippen molar-refractivity contribution in [2.45, 2.75) is 6.92 Å². The molecule has 1 aliphatic rings. The Morgan fingerprint density at radius 2 is 2.00 bits per heavy atom. The second-order valence-electron chi connectivity index (χ2n) is 3.29. The number of nitrogens with zero attached hydrogens (tertiary/aromatic N) is 1. The summed E-state index contributed by atoms with van der Waals surface area (Å²) in [5, 5.41) is 2.63. The lowest BCUT2D eigenvalue weighted by molar-refractivity contribution is -0.114. The molecule has 0 bridgehead atoms. The average molecular weight is 199 g/mol. The lowest BCUT2D eigenvalue weighted by atomic mass is 10.00. The minimum absolute atomic E-state index is 0.108. The summed E-state index contributed by atoms with van der Waals surface area (Å²) in [6.07, 6.45) is 9.76. The quantitative estimate of drug-likeness (QED) is 0.789. The molecule has 1 saturated carbocycles. The van der Waals surface area contributed by atoms with E-state index in [4.69, 9.17) is 0 Å². The van der Waals surface area contributed by atoms with Crippen molar-refractivity contribution < 1.29 is 4.79 Å². The number of carbonyl (C=O) groups is 1. The Balaban J connectivity index is 2.06. The molecule has 1 heterocycles. The highest BCUT2D eigenvalue weighted by atomic mass is 16.1. The van der Waals surface area contributed by atoms with Crippen LogP contribution in [0.25, 0.3) is 0 Å². The van der Waals surface area contributed by atoms with Crippen molar-refractivity contribution in [2.75, 3.05) is 5.32 Å². The van der Waals surface area contributed by atoms with Gasteiger partial charge < -0.3 is 5.32 Å². The summed E-state index contributed by atoms with van der Waals surface area (Å²) >= 11 is 0. The maximum absolute atomic E-state index is 10.8. The fourth-order valence-corrected chi connectivity index (χ4v) is 1.39. The van der Waals surface area contributed by atoms with Gasteiger partial charge in [-0.1, -0.05) is 6.07 Å². The lowest BCUT2D eigenvalue weighted by Gasteiger charge is -2.08. The van der Waals surface area contributed by atoms with Gasteiger partial charge in [0.25, 0.3) is 0 Å². The van der Waals surface area contributed by atoms with Gasteiger partial charge in [0.1, 0.15) is 5.82 Å². The van der Waals surface area contributed by atoms with E-state index in [-0.39, 0.29) is 5.91 Å². The minimum atomic E-state index is -0.108. The van der Waals surface area contributed by atoms with Crippen molar-refractivity contribution in [3.8, 4) is 0 Å². The standard InChI is InChI=1S/C12H11N2O/c1-9(15)14-12-7-6-11(8-13-12)10-4-2-3-5-10/h2-8H,1H3,(H,13,14,15). The molecule has 1 aromatic rings. The maximum Gasteiger partial charge on any atom is 0.222 e. The number of amides is 1. The van der Waals surface area contributed by atoms with E-state index < -0.39 is 0 Å². The van der Waals surface area contributed by atoms with Crippen LogP contribution in [0.2, 0.25) is 0 Å². The van der Waals surface area contributed by atoms with Gasteiger partial charge in [-0.25, -0.2) is 4.98 Å². The van der Waals surface area contributed by atoms with Crippen LogP contribution in [0.5, 0.6) is 0 Å². The first-order valence-corrected chi connectivity index (χ1v) is 4.71. The first-order valence-electron chi connectivity index (χ1n) is 4.71. The fraction of sp³-hybridized carbons (Fsp3) is 0.0833. The molecule has 1 aromatic heterocycles. The van der Waals surface area contributed by atoms with Gasteiger partial charge in [-0.2, -0.15) is 0 Å². The van der Waals surface area contributed by atoms with Crippen molar-refractivity contribution in [3.05, 3.63) is 55.5 Å². The molecule has 0 aromatic carbocycles. The van der Waals surface area contributed by atoms with Crippen molar-refractivity contribution in [1.82, 2.24) is 4.98 Å². The van der Waals surface area contributed by atoms with Gasteiger partial charge in [-0.05, 0) is 37.3 Å². The summed E-state index contributed by atoms with van der Waals surface area (Å²) < 4.78 is 0. The van der Waals surface area contributed by atoms with E-state index in [9.17, 15) is 4.79 Å². The molecule has 1 amide bonds. The Bertz CT molecular complexity index is 339. The predicted molar refractivity (Wildman–Crippen MR) is 58.1 cm³/mol. The smallest absolute Gasteiger partial charge is 0.222 e. The van der Waals surface area contributed by atoms with Crippen molar-refractivity contribution in [3.63, 3.8) is 0 Å². The Morgan fingerprint density at radius 3 is 2.53 bits per heavy atom. The van der Waals surface area contributed by atoms with E-state index in [1.165, 1.54) is 6.92 Å². The summed E-state index contributed by atoms with van der Waals surface area (Å²) in [5.74, 6) is 1.61. The number of anilines is 1. The first kappa shape index (κ1) is 10.1. The van der Waals surface area contributed by atoms with Crippen LogP contribution >= 0.6 is 0 Å². The second kappa shape index (κ2) is 4.43. The Hall–Kier alpha value is -1.38. The van der Waals surface area contributed by atoms with E-state index in [2.05, 4.69) is 10.3 Å². The molecule has 0 atom stereocenters. The molecule has 0 spiro atoms. The molecule has 3 nitrogen and oxygen atoms in total. The van der Waals surface area contributed by atoms with Crippen LogP contribution in [0.4, 0.5) is 5.82 Å². The molecule has 0 saturated heterocycles. The predicted octanol–water partition coefficient (Wildman–Crippen LogP) is 1.79.